The molecule has 0 aliphatic carbocycles. The first kappa shape index (κ1) is 8.97. The molecule has 1 heterocycles. The topological polar surface area (TPSA) is 41.3 Å². The molecule has 1 rings (SSSR count). The molecule has 0 saturated carbocycles. The molecule has 11 heavy (non-hydrogen) atoms. The highest BCUT2D eigenvalue weighted by Crippen LogP contribution is 2.10. The predicted octanol–water partition coefficient (Wildman–Crippen LogP) is -0.514. The van der Waals surface area contributed by atoms with Crippen LogP contribution in [0, 0.1) is 5.92 Å². The normalized spacial score (nSPS) is 20.2. The van der Waals surface area contributed by atoms with E-state index in [2.05, 4.69) is 17.3 Å². The van der Waals surface area contributed by atoms with E-state index >= 15 is 0 Å². The predicted molar refractivity (Wildman–Crippen MR) is 47.5 cm³/mol. The summed E-state index contributed by atoms with van der Waals surface area (Å²) in [6, 6.07) is 0. The van der Waals surface area contributed by atoms with E-state index in [-0.39, 0.29) is 0 Å². The summed E-state index contributed by atoms with van der Waals surface area (Å²) in [7, 11) is 2.16. The van der Waals surface area contributed by atoms with E-state index in [0.717, 1.165) is 25.4 Å². The van der Waals surface area contributed by atoms with Gasteiger partial charge >= 0.3 is 0 Å². The molecular formula is C8H19N3. The van der Waals surface area contributed by atoms with E-state index in [9.17, 15) is 0 Å². The van der Waals surface area contributed by atoms with Crippen molar-refractivity contribution in [3.63, 3.8) is 0 Å². The average Bonchev–Trinajstić information content (AvgIpc) is 1.94. The van der Waals surface area contributed by atoms with Crippen molar-refractivity contribution in [3.05, 3.63) is 0 Å². The maximum atomic E-state index is 5.37. The third kappa shape index (κ3) is 3.18. The smallest absolute Gasteiger partial charge is 0.00312 e. The van der Waals surface area contributed by atoms with Crippen molar-refractivity contribution in [2.75, 3.05) is 39.8 Å². The van der Waals surface area contributed by atoms with Gasteiger partial charge in [-0.3, -0.25) is 0 Å². The summed E-state index contributed by atoms with van der Waals surface area (Å²) >= 11 is 0. The van der Waals surface area contributed by atoms with Gasteiger partial charge in [0.15, 0.2) is 0 Å². The van der Waals surface area contributed by atoms with E-state index in [1.807, 2.05) is 0 Å². The molecule has 0 spiro atoms. The minimum absolute atomic E-state index is 0.803. The quantitative estimate of drug-likeness (QED) is 0.528. The van der Waals surface area contributed by atoms with Crippen LogP contribution in [0.5, 0.6) is 0 Å². The van der Waals surface area contributed by atoms with Crippen LogP contribution in [-0.2, 0) is 0 Å². The highest BCUT2D eigenvalue weighted by atomic mass is 15.2. The largest absolute Gasteiger partial charge is 0.330 e. The molecule has 0 amide bonds. The van der Waals surface area contributed by atoms with E-state index in [1.165, 1.54) is 19.6 Å². The second-order valence-corrected chi connectivity index (χ2v) is 3.43. The average molecular weight is 157 g/mol. The fourth-order valence-corrected chi connectivity index (χ4v) is 1.49. The van der Waals surface area contributed by atoms with E-state index in [1.54, 1.807) is 0 Å². The van der Waals surface area contributed by atoms with Gasteiger partial charge in [0, 0.05) is 19.6 Å². The van der Waals surface area contributed by atoms with Crippen LogP contribution < -0.4 is 11.1 Å². The van der Waals surface area contributed by atoms with Crippen LogP contribution >= 0.6 is 0 Å². The van der Waals surface area contributed by atoms with Crippen molar-refractivity contribution in [1.29, 1.82) is 0 Å². The molecule has 1 aliphatic heterocycles. The lowest BCUT2D eigenvalue weighted by atomic mass is 10.0. The van der Waals surface area contributed by atoms with Crippen LogP contribution in [0.4, 0.5) is 0 Å². The van der Waals surface area contributed by atoms with E-state index in [0.29, 0.717) is 0 Å². The number of hydrogen-bond donors (Lipinski definition) is 2. The molecular weight excluding hydrogens is 138 g/mol. The summed E-state index contributed by atoms with van der Waals surface area (Å²) in [4.78, 5) is 2.34. The van der Waals surface area contributed by atoms with Gasteiger partial charge in [0.05, 0.1) is 0 Å². The maximum Gasteiger partial charge on any atom is 0.00312 e. The summed E-state index contributed by atoms with van der Waals surface area (Å²) in [5.41, 5.74) is 5.37. The zero-order valence-corrected chi connectivity index (χ0v) is 7.34. The SMILES string of the molecule is CN1CC(CNCCCN)C1. The monoisotopic (exact) mass is 157 g/mol. The summed E-state index contributed by atoms with van der Waals surface area (Å²) in [6.45, 7) is 5.57. The van der Waals surface area contributed by atoms with E-state index in [4.69, 9.17) is 5.73 Å². The number of nitrogens with one attached hydrogen (secondary N) is 1. The van der Waals surface area contributed by atoms with Gasteiger partial charge in [-0.05, 0) is 32.5 Å². The molecule has 0 aromatic heterocycles. The highest BCUT2D eigenvalue weighted by Gasteiger charge is 2.21. The van der Waals surface area contributed by atoms with Crippen LogP contribution in [0.15, 0.2) is 0 Å². The van der Waals surface area contributed by atoms with Crippen molar-refractivity contribution >= 4 is 0 Å². The molecule has 0 atom stereocenters. The first-order chi connectivity index (χ1) is 5.33. The van der Waals surface area contributed by atoms with Crippen LogP contribution in [0.2, 0.25) is 0 Å². The highest BCUT2D eigenvalue weighted by molar-refractivity contribution is 4.78. The Labute approximate surface area is 68.9 Å². The van der Waals surface area contributed by atoms with Gasteiger partial charge < -0.3 is 16.0 Å². The Balaban J connectivity index is 1.81. The number of rotatable bonds is 5. The molecule has 66 valence electrons. The second-order valence-electron chi connectivity index (χ2n) is 3.43. The van der Waals surface area contributed by atoms with Gasteiger partial charge in [0.1, 0.15) is 0 Å². The Hall–Kier alpha value is -0.120. The Kier molecular flexibility index (Phi) is 3.83. The first-order valence-electron chi connectivity index (χ1n) is 4.42. The number of likely N-dealkylation sites (tertiary alicyclic amines) is 1. The number of nitrogens with zero attached hydrogens (tertiary/aromatic N) is 1. The zero-order valence-electron chi connectivity index (χ0n) is 7.34. The van der Waals surface area contributed by atoms with Gasteiger partial charge in [0.2, 0.25) is 0 Å². The van der Waals surface area contributed by atoms with Crippen LogP contribution in [0.25, 0.3) is 0 Å². The van der Waals surface area contributed by atoms with Crippen molar-refractivity contribution in [2.24, 2.45) is 11.7 Å². The molecule has 0 unspecified atom stereocenters. The summed E-state index contributed by atoms with van der Waals surface area (Å²) < 4.78 is 0. The molecule has 1 fully saturated rings. The summed E-state index contributed by atoms with van der Waals surface area (Å²) in [6.07, 6.45) is 1.10. The number of nitrogens with two attached hydrogens (primary N) is 1. The third-order valence-corrected chi connectivity index (χ3v) is 2.13. The minimum atomic E-state index is 0.803. The third-order valence-electron chi connectivity index (χ3n) is 2.13. The van der Waals surface area contributed by atoms with Crippen molar-refractivity contribution in [1.82, 2.24) is 10.2 Å². The Morgan fingerprint density at radius 2 is 2.27 bits per heavy atom. The Morgan fingerprint density at radius 3 is 2.82 bits per heavy atom. The van der Waals surface area contributed by atoms with Gasteiger partial charge in [-0.1, -0.05) is 0 Å². The lowest BCUT2D eigenvalue weighted by Gasteiger charge is -2.36. The minimum Gasteiger partial charge on any atom is -0.330 e. The van der Waals surface area contributed by atoms with Gasteiger partial charge in [-0.15, -0.1) is 0 Å². The molecule has 0 radical (unpaired) electrons. The van der Waals surface area contributed by atoms with Gasteiger partial charge in [0.25, 0.3) is 0 Å². The first-order valence-corrected chi connectivity index (χ1v) is 4.42. The van der Waals surface area contributed by atoms with E-state index < -0.39 is 0 Å². The molecule has 1 saturated heterocycles. The van der Waals surface area contributed by atoms with Crippen LogP contribution in [0.3, 0.4) is 0 Å². The molecule has 3 nitrogen and oxygen atoms in total. The Morgan fingerprint density at radius 1 is 1.55 bits per heavy atom. The standard InChI is InChI=1S/C8H19N3/c1-11-6-8(7-11)5-10-4-2-3-9/h8,10H,2-7,9H2,1H3. The number of hydrogen-bond acceptors (Lipinski definition) is 3. The fraction of sp³-hybridized carbons (Fsp3) is 1.00. The molecule has 3 N–H and O–H groups in total. The molecule has 0 bridgehead atoms. The summed E-state index contributed by atoms with van der Waals surface area (Å²) in [5.74, 6) is 0.887. The molecule has 1 aliphatic rings. The second kappa shape index (κ2) is 4.70. The zero-order chi connectivity index (χ0) is 8.10. The van der Waals surface area contributed by atoms with Crippen molar-refractivity contribution in [2.45, 2.75) is 6.42 Å². The maximum absolute atomic E-state index is 5.37. The van der Waals surface area contributed by atoms with Gasteiger partial charge in [-0.2, -0.15) is 0 Å². The molecule has 0 aromatic carbocycles. The molecule has 0 aromatic rings. The lowest BCUT2D eigenvalue weighted by Crippen LogP contribution is -2.48. The molecule has 3 heteroatoms. The Bertz CT molecular complexity index is 99.5. The van der Waals surface area contributed by atoms with Crippen molar-refractivity contribution < 1.29 is 0 Å². The fourth-order valence-electron chi connectivity index (χ4n) is 1.49. The van der Waals surface area contributed by atoms with Crippen LogP contribution in [0.1, 0.15) is 6.42 Å². The van der Waals surface area contributed by atoms with Crippen molar-refractivity contribution in [3.8, 4) is 0 Å². The van der Waals surface area contributed by atoms with Gasteiger partial charge in [-0.25, -0.2) is 0 Å². The summed E-state index contributed by atoms with van der Waals surface area (Å²) in [5, 5.41) is 3.40. The lowest BCUT2D eigenvalue weighted by molar-refractivity contribution is 0.133. The van der Waals surface area contributed by atoms with Crippen LogP contribution in [-0.4, -0.2) is 44.7 Å².